The summed E-state index contributed by atoms with van der Waals surface area (Å²) in [6, 6.07) is 14.9. The molecule has 1 aromatic heterocycles. The Balaban J connectivity index is 1.83. The van der Waals surface area contributed by atoms with E-state index in [2.05, 4.69) is 33.1 Å². The molecule has 0 bridgehead atoms. The summed E-state index contributed by atoms with van der Waals surface area (Å²) in [7, 11) is 0. The third kappa shape index (κ3) is 3.95. The number of anilines is 1. The van der Waals surface area contributed by atoms with Gasteiger partial charge in [0.2, 0.25) is 5.91 Å². The molecule has 2 aromatic carbocycles. The van der Waals surface area contributed by atoms with Crippen LogP contribution < -0.4 is 10.6 Å². The molecular formula is C21H20BrN3O2. The lowest BCUT2D eigenvalue weighted by molar-refractivity contribution is -0.116. The Hall–Kier alpha value is -2.86. The zero-order chi connectivity index (χ0) is 19.4. The minimum absolute atomic E-state index is 0.153. The van der Waals surface area contributed by atoms with Gasteiger partial charge in [-0.3, -0.25) is 9.59 Å². The van der Waals surface area contributed by atoms with E-state index in [-0.39, 0.29) is 18.4 Å². The summed E-state index contributed by atoms with van der Waals surface area (Å²) in [4.78, 5) is 25.0. The maximum Gasteiger partial charge on any atom is 0.253 e. The van der Waals surface area contributed by atoms with Crippen LogP contribution in [0.15, 0.2) is 65.7 Å². The number of hydrogen-bond acceptors (Lipinski definition) is 2. The maximum atomic E-state index is 12.7. The van der Waals surface area contributed by atoms with E-state index >= 15 is 0 Å². The molecule has 3 rings (SSSR count). The van der Waals surface area contributed by atoms with Crippen molar-refractivity contribution >= 4 is 44.3 Å². The van der Waals surface area contributed by atoms with Gasteiger partial charge in [-0.15, -0.1) is 6.58 Å². The Kier molecular flexibility index (Phi) is 5.76. The van der Waals surface area contributed by atoms with Gasteiger partial charge in [0.1, 0.15) is 6.54 Å². The summed E-state index contributed by atoms with van der Waals surface area (Å²) in [5.74, 6) is -0.452. The fraction of sp³-hybridized carbons (Fsp3) is 0.143. The highest BCUT2D eigenvalue weighted by atomic mass is 79.9. The van der Waals surface area contributed by atoms with Crippen molar-refractivity contribution in [3.05, 3.63) is 76.9 Å². The molecule has 0 unspecified atom stereocenters. The van der Waals surface area contributed by atoms with Gasteiger partial charge in [-0.05, 0) is 41.1 Å². The highest BCUT2D eigenvalue weighted by Gasteiger charge is 2.16. The molecule has 2 N–H and O–H groups in total. The fourth-order valence-corrected chi connectivity index (χ4v) is 3.53. The molecular weight excluding hydrogens is 406 g/mol. The number of carbonyl (C=O) groups excluding carboxylic acids is 2. The summed E-state index contributed by atoms with van der Waals surface area (Å²) in [5.41, 5.74) is 2.86. The molecule has 3 aromatic rings. The third-order valence-electron chi connectivity index (χ3n) is 4.31. The first-order valence-corrected chi connectivity index (χ1v) is 9.33. The van der Waals surface area contributed by atoms with Gasteiger partial charge in [-0.25, -0.2) is 0 Å². The van der Waals surface area contributed by atoms with Crippen LogP contribution in [-0.4, -0.2) is 22.9 Å². The topological polar surface area (TPSA) is 63.1 Å². The molecule has 0 aliphatic carbocycles. The number of halogens is 1. The van der Waals surface area contributed by atoms with E-state index in [0.29, 0.717) is 17.8 Å². The number of nitrogens with one attached hydrogen (secondary N) is 2. The van der Waals surface area contributed by atoms with Crippen molar-refractivity contribution in [2.45, 2.75) is 13.5 Å². The molecule has 0 atom stereocenters. The van der Waals surface area contributed by atoms with Gasteiger partial charge in [0, 0.05) is 27.6 Å². The van der Waals surface area contributed by atoms with Gasteiger partial charge >= 0.3 is 0 Å². The minimum atomic E-state index is -0.254. The molecule has 27 heavy (non-hydrogen) atoms. The van der Waals surface area contributed by atoms with Crippen molar-refractivity contribution in [3.63, 3.8) is 0 Å². The quantitative estimate of drug-likeness (QED) is 0.579. The smallest absolute Gasteiger partial charge is 0.253 e. The number of nitrogens with zero attached hydrogens (tertiary/aromatic N) is 1. The van der Waals surface area contributed by atoms with Crippen LogP contribution in [0, 0.1) is 6.92 Å². The zero-order valence-electron chi connectivity index (χ0n) is 15.0. The first-order valence-electron chi connectivity index (χ1n) is 8.54. The molecule has 5 nitrogen and oxygen atoms in total. The number of rotatable bonds is 6. The second kappa shape index (κ2) is 8.22. The maximum absolute atomic E-state index is 12.7. The van der Waals surface area contributed by atoms with Crippen molar-refractivity contribution in [2.75, 3.05) is 11.9 Å². The monoisotopic (exact) mass is 425 g/mol. The van der Waals surface area contributed by atoms with E-state index in [0.717, 1.165) is 21.1 Å². The highest BCUT2D eigenvalue weighted by Crippen LogP contribution is 2.30. The van der Waals surface area contributed by atoms with Crippen molar-refractivity contribution < 1.29 is 9.59 Å². The first-order chi connectivity index (χ1) is 13.0. The number of benzene rings is 2. The molecule has 1 heterocycles. The molecule has 6 heteroatoms. The summed E-state index contributed by atoms with van der Waals surface area (Å²) >= 11 is 3.60. The predicted molar refractivity (Wildman–Crippen MR) is 112 cm³/mol. The molecule has 0 saturated carbocycles. The molecule has 2 amide bonds. The summed E-state index contributed by atoms with van der Waals surface area (Å²) in [6.45, 7) is 6.07. The lowest BCUT2D eigenvalue weighted by Crippen LogP contribution is -2.26. The van der Waals surface area contributed by atoms with Gasteiger partial charge in [-0.2, -0.15) is 0 Å². The highest BCUT2D eigenvalue weighted by molar-refractivity contribution is 9.10. The molecule has 0 saturated heterocycles. The van der Waals surface area contributed by atoms with Crippen molar-refractivity contribution in [2.24, 2.45) is 0 Å². The molecule has 0 radical (unpaired) electrons. The van der Waals surface area contributed by atoms with Crippen LogP contribution in [-0.2, 0) is 11.3 Å². The van der Waals surface area contributed by atoms with Crippen LogP contribution in [0.1, 0.15) is 16.1 Å². The van der Waals surface area contributed by atoms with E-state index in [1.165, 1.54) is 0 Å². The molecule has 0 spiro atoms. The standard InChI is InChI=1S/C21H20BrN3O2/c1-3-12-23-21(27)15-8-4-6-10-17(15)24-19(26)13-25-14(2)20(22)16-9-5-7-11-18(16)25/h3-11H,1,12-13H2,2H3,(H,23,27)(H,24,26). The van der Waals surface area contributed by atoms with Gasteiger partial charge in [0.05, 0.1) is 11.3 Å². The van der Waals surface area contributed by atoms with Crippen molar-refractivity contribution in [3.8, 4) is 0 Å². The zero-order valence-corrected chi connectivity index (χ0v) is 16.5. The van der Waals surface area contributed by atoms with Crippen LogP contribution in [0.3, 0.4) is 0 Å². The Bertz CT molecular complexity index is 1020. The van der Waals surface area contributed by atoms with Gasteiger partial charge in [-0.1, -0.05) is 36.4 Å². The summed E-state index contributed by atoms with van der Waals surface area (Å²) < 4.78 is 2.94. The Labute approximate surface area is 166 Å². The van der Waals surface area contributed by atoms with E-state index in [9.17, 15) is 9.59 Å². The van der Waals surface area contributed by atoms with Crippen LogP contribution in [0.2, 0.25) is 0 Å². The second-order valence-corrected chi connectivity index (χ2v) is 6.89. The minimum Gasteiger partial charge on any atom is -0.349 e. The van der Waals surface area contributed by atoms with Crippen molar-refractivity contribution in [1.29, 1.82) is 0 Å². The average Bonchev–Trinajstić information content (AvgIpc) is 2.91. The SMILES string of the molecule is C=CCNC(=O)c1ccccc1NC(=O)Cn1c(C)c(Br)c2ccccc21. The number of hydrogen-bond donors (Lipinski definition) is 2. The molecule has 138 valence electrons. The van der Waals surface area contributed by atoms with Crippen LogP contribution in [0.5, 0.6) is 0 Å². The van der Waals surface area contributed by atoms with Crippen LogP contribution >= 0.6 is 15.9 Å². The number of carbonyl (C=O) groups is 2. The number of aromatic nitrogens is 1. The van der Waals surface area contributed by atoms with Crippen LogP contribution in [0.25, 0.3) is 10.9 Å². The Morgan fingerprint density at radius 3 is 2.63 bits per heavy atom. The van der Waals surface area contributed by atoms with Crippen molar-refractivity contribution in [1.82, 2.24) is 9.88 Å². The second-order valence-electron chi connectivity index (χ2n) is 6.10. The van der Waals surface area contributed by atoms with Crippen LogP contribution in [0.4, 0.5) is 5.69 Å². The number of para-hydroxylation sites is 2. The van der Waals surface area contributed by atoms with E-state index in [4.69, 9.17) is 0 Å². The summed E-state index contributed by atoms with van der Waals surface area (Å²) in [5, 5.41) is 6.65. The molecule has 0 aliphatic heterocycles. The van der Waals surface area contributed by atoms with E-state index < -0.39 is 0 Å². The Morgan fingerprint density at radius 2 is 1.85 bits per heavy atom. The van der Waals surface area contributed by atoms with Gasteiger partial charge in [0.25, 0.3) is 5.91 Å². The molecule has 0 fully saturated rings. The third-order valence-corrected chi connectivity index (χ3v) is 5.31. The fourth-order valence-electron chi connectivity index (χ4n) is 2.98. The normalized spacial score (nSPS) is 10.6. The Morgan fingerprint density at radius 1 is 1.15 bits per heavy atom. The molecule has 0 aliphatic rings. The lowest BCUT2D eigenvalue weighted by Gasteiger charge is -2.12. The van der Waals surface area contributed by atoms with Gasteiger partial charge < -0.3 is 15.2 Å². The lowest BCUT2D eigenvalue weighted by atomic mass is 10.1. The average molecular weight is 426 g/mol. The van der Waals surface area contributed by atoms with E-state index in [1.807, 2.05) is 35.8 Å². The number of amides is 2. The van der Waals surface area contributed by atoms with Gasteiger partial charge in [0.15, 0.2) is 0 Å². The first kappa shape index (κ1) is 18.9. The van der Waals surface area contributed by atoms with E-state index in [1.54, 1.807) is 30.3 Å². The predicted octanol–water partition coefficient (Wildman–Crippen LogP) is 4.27. The largest absolute Gasteiger partial charge is 0.349 e. The number of fused-ring (bicyclic) bond motifs is 1. The summed E-state index contributed by atoms with van der Waals surface area (Å²) in [6.07, 6.45) is 1.61.